The van der Waals surface area contributed by atoms with E-state index in [-0.39, 0.29) is 0 Å². The Labute approximate surface area is 146 Å². The first-order chi connectivity index (χ1) is 12.3. The quantitative estimate of drug-likeness (QED) is 0.470. The molecule has 0 amide bonds. The number of hydrogen-bond donors (Lipinski definition) is 0. The molecular weight excluding hydrogens is 310 g/mol. The molecule has 0 saturated carbocycles. The van der Waals surface area contributed by atoms with Crippen LogP contribution in [0.2, 0.25) is 0 Å². The second kappa shape index (κ2) is 6.65. The zero-order chi connectivity index (χ0) is 17.1. The maximum atomic E-state index is 5.84. The smallest absolute Gasteiger partial charge is 0.227 e. The van der Waals surface area contributed by atoms with Crippen molar-refractivity contribution in [2.75, 3.05) is 0 Å². The van der Waals surface area contributed by atoms with Crippen LogP contribution in [0, 0.1) is 0 Å². The van der Waals surface area contributed by atoms with Crippen molar-refractivity contribution < 1.29 is 9.15 Å². The highest BCUT2D eigenvalue weighted by atomic mass is 16.5. The number of rotatable bonds is 5. The lowest BCUT2D eigenvalue weighted by atomic mass is 10.1. The highest BCUT2D eigenvalue weighted by molar-refractivity contribution is 5.76. The van der Waals surface area contributed by atoms with Crippen molar-refractivity contribution >= 4 is 17.2 Å². The van der Waals surface area contributed by atoms with Crippen LogP contribution in [0.1, 0.15) is 11.1 Å². The van der Waals surface area contributed by atoms with E-state index >= 15 is 0 Å². The first kappa shape index (κ1) is 15.2. The van der Waals surface area contributed by atoms with Crippen LogP contribution in [0.5, 0.6) is 5.75 Å². The fourth-order valence-corrected chi connectivity index (χ4v) is 2.61. The van der Waals surface area contributed by atoms with E-state index < -0.39 is 0 Å². The highest BCUT2D eigenvalue weighted by Gasteiger charge is 2.07. The third kappa shape index (κ3) is 3.31. The number of oxazole rings is 1. The molecule has 0 aliphatic carbocycles. The van der Waals surface area contributed by atoms with Crippen molar-refractivity contribution in [3.05, 3.63) is 90.5 Å². The van der Waals surface area contributed by atoms with E-state index in [2.05, 4.69) is 11.6 Å². The summed E-state index contributed by atoms with van der Waals surface area (Å²) < 4.78 is 11.6. The van der Waals surface area contributed by atoms with Gasteiger partial charge in [0, 0.05) is 5.56 Å². The molecule has 3 aromatic carbocycles. The number of fused-ring (bicyclic) bond motifs is 1. The molecule has 0 unspecified atom stereocenters. The lowest BCUT2D eigenvalue weighted by Gasteiger charge is -2.07. The Hall–Kier alpha value is -3.33. The molecule has 4 aromatic rings. The first-order valence-corrected chi connectivity index (χ1v) is 8.12. The summed E-state index contributed by atoms with van der Waals surface area (Å²) in [6, 6.07) is 23.7. The van der Waals surface area contributed by atoms with E-state index in [1.165, 1.54) is 0 Å². The summed E-state index contributed by atoms with van der Waals surface area (Å²) in [7, 11) is 0. The maximum absolute atomic E-state index is 5.84. The Morgan fingerprint density at radius 2 is 1.68 bits per heavy atom. The van der Waals surface area contributed by atoms with Gasteiger partial charge in [-0.3, -0.25) is 0 Å². The van der Waals surface area contributed by atoms with Gasteiger partial charge < -0.3 is 9.15 Å². The predicted octanol–water partition coefficient (Wildman–Crippen LogP) is 5.72. The Kier molecular flexibility index (Phi) is 4.05. The summed E-state index contributed by atoms with van der Waals surface area (Å²) in [5, 5.41) is 0. The number of hydrogen-bond acceptors (Lipinski definition) is 3. The van der Waals surface area contributed by atoms with Gasteiger partial charge in [-0.05, 0) is 47.5 Å². The van der Waals surface area contributed by atoms with E-state index in [9.17, 15) is 0 Å². The number of aromatic nitrogens is 1. The molecule has 0 N–H and O–H groups in total. The largest absolute Gasteiger partial charge is 0.489 e. The second-order valence-corrected chi connectivity index (χ2v) is 5.75. The lowest BCUT2D eigenvalue weighted by Crippen LogP contribution is -1.95. The molecule has 0 radical (unpaired) electrons. The van der Waals surface area contributed by atoms with Crippen molar-refractivity contribution in [2.24, 2.45) is 0 Å². The van der Waals surface area contributed by atoms with E-state index in [0.29, 0.717) is 12.5 Å². The van der Waals surface area contributed by atoms with Crippen LogP contribution in [0.4, 0.5) is 0 Å². The number of para-hydroxylation sites is 2. The van der Waals surface area contributed by atoms with Crippen molar-refractivity contribution in [2.45, 2.75) is 6.61 Å². The van der Waals surface area contributed by atoms with Crippen molar-refractivity contribution in [1.82, 2.24) is 4.98 Å². The van der Waals surface area contributed by atoms with Gasteiger partial charge in [0.05, 0.1) is 0 Å². The average Bonchev–Trinajstić information content (AvgIpc) is 3.11. The molecule has 25 heavy (non-hydrogen) atoms. The molecule has 0 aliphatic rings. The zero-order valence-electron chi connectivity index (χ0n) is 13.7. The van der Waals surface area contributed by atoms with Gasteiger partial charge in [0.15, 0.2) is 5.58 Å². The Morgan fingerprint density at radius 1 is 0.920 bits per heavy atom. The van der Waals surface area contributed by atoms with E-state index in [0.717, 1.165) is 33.5 Å². The molecule has 0 bridgehead atoms. The summed E-state index contributed by atoms with van der Waals surface area (Å²) in [5.74, 6) is 1.43. The first-order valence-electron chi connectivity index (χ1n) is 8.12. The van der Waals surface area contributed by atoms with Crippen LogP contribution in [-0.2, 0) is 6.61 Å². The average molecular weight is 327 g/mol. The summed E-state index contributed by atoms with van der Waals surface area (Å²) in [6.07, 6.45) is 1.83. The maximum Gasteiger partial charge on any atom is 0.227 e. The molecule has 1 heterocycles. The summed E-state index contributed by atoms with van der Waals surface area (Å²) in [5.41, 5.74) is 4.81. The van der Waals surface area contributed by atoms with Crippen LogP contribution in [0.15, 0.2) is 83.8 Å². The molecule has 4 rings (SSSR count). The topological polar surface area (TPSA) is 35.3 Å². The summed E-state index contributed by atoms with van der Waals surface area (Å²) in [4.78, 5) is 4.51. The Morgan fingerprint density at radius 3 is 2.40 bits per heavy atom. The van der Waals surface area contributed by atoms with Gasteiger partial charge in [-0.1, -0.05) is 49.1 Å². The third-order valence-electron chi connectivity index (χ3n) is 4.02. The molecule has 0 fully saturated rings. The Balaban J connectivity index is 1.46. The van der Waals surface area contributed by atoms with Crippen molar-refractivity contribution in [3.8, 4) is 17.2 Å². The fraction of sp³-hybridized carbons (Fsp3) is 0.0455. The van der Waals surface area contributed by atoms with Crippen LogP contribution in [0.25, 0.3) is 28.6 Å². The molecule has 0 aliphatic heterocycles. The van der Waals surface area contributed by atoms with Gasteiger partial charge in [0.2, 0.25) is 5.89 Å². The zero-order valence-corrected chi connectivity index (χ0v) is 13.7. The number of nitrogens with zero attached hydrogens (tertiary/aromatic N) is 1. The number of ether oxygens (including phenoxy) is 1. The summed E-state index contributed by atoms with van der Waals surface area (Å²) in [6.45, 7) is 4.28. The van der Waals surface area contributed by atoms with Crippen molar-refractivity contribution in [1.29, 1.82) is 0 Å². The molecule has 3 nitrogen and oxygen atoms in total. The molecule has 0 atom stereocenters. The monoisotopic (exact) mass is 327 g/mol. The molecule has 1 aromatic heterocycles. The van der Waals surface area contributed by atoms with Gasteiger partial charge in [-0.2, -0.15) is 0 Å². The Bertz CT molecular complexity index is 965. The van der Waals surface area contributed by atoms with E-state index in [1.54, 1.807) is 0 Å². The normalized spacial score (nSPS) is 10.7. The lowest BCUT2D eigenvalue weighted by molar-refractivity contribution is 0.306. The summed E-state index contributed by atoms with van der Waals surface area (Å²) >= 11 is 0. The van der Waals surface area contributed by atoms with Gasteiger partial charge in [0.25, 0.3) is 0 Å². The van der Waals surface area contributed by atoms with Gasteiger partial charge in [-0.15, -0.1) is 0 Å². The third-order valence-corrected chi connectivity index (χ3v) is 4.02. The minimum atomic E-state index is 0.527. The predicted molar refractivity (Wildman–Crippen MR) is 100 cm³/mol. The molecule has 0 spiro atoms. The minimum absolute atomic E-state index is 0.527. The molecule has 3 heteroatoms. The van der Waals surface area contributed by atoms with Gasteiger partial charge >= 0.3 is 0 Å². The van der Waals surface area contributed by atoms with Crippen LogP contribution in [-0.4, -0.2) is 4.98 Å². The van der Waals surface area contributed by atoms with Crippen LogP contribution < -0.4 is 4.74 Å². The SMILES string of the molecule is C=Cc1ccc(COc2ccc(-c3nc4ccccc4o3)cc2)cc1. The highest BCUT2D eigenvalue weighted by Crippen LogP contribution is 2.26. The molecule has 122 valence electrons. The van der Waals surface area contributed by atoms with Gasteiger partial charge in [-0.25, -0.2) is 4.98 Å². The molecular formula is C22H17NO2. The van der Waals surface area contributed by atoms with Crippen molar-refractivity contribution in [3.63, 3.8) is 0 Å². The van der Waals surface area contributed by atoms with Crippen LogP contribution >= 0.6 is 0 Å². The fourth-order valence-electron chi connectivity index (χ4n) is 2.61. The number of benzene rings is 3. The van der Waals surface area contributed by atoms with E-state index in [1.807, 2.05) is 78.9 Å². The van der Waals surface area contributed by atoms with Gasteiger partial charge in [0.1, 0.15) is 17.9 Å². The minimum Gasteiger partial charge on any atom is -0.489 e. The second-order valence-electron chi connectivity index (χ2n) is 5.75. The molecule has 0 saturated heterocycles. The standard InChI is InChI=1S/C22H17NO2/c1-2-16-7-9-17(10-8-16)15-24-19-13-11-18(12-14-19)22-23-20-5-3-4-6-21(20)25-22/h2-14H,1,15H2. The van der Waals surface area contributed by atoms with Crippen LogP contribution in [0.3, 0.4) is 0 Å². The van der Waals surface area contributed by atoms with E-state index in [4.69, 9.17) is 9.15 Å².